The van der Waals surface area contributed by atoms with Crippen molar-refractivity contribution in [3.05, 3.63) is 12.7 Å². The Hall–Kier alpha value is -2.91. The van der Waals surface area contributed by atoms with Crippen molar-refractivity contribution >= 4 is 28.8 Å². The van der Waals surface area contributed by atoms with Gasteiger partial charge in [0.15, 0.2) is 17.7 Å². The van der Waals surface area contributed by atoms with Crippen LogP contribution in [0.4, 0.5) is 5.82 Å². The van der Waals surface area contributed by atoms with Crippen LogP contribution in [0.3, 0.4) is 0 Å². The Labute approximate surface area is 258 Å². The van der Waals surface area contributed by atoms with Crippen LogP contribution < -0.4 is 16.0 Å². The first-order chi connectivity index (χ1) is 21.2. The van der Waals surface area contributed by atoms with E-state index in [1.54, 1.807) is 0 Å². The smallest absolute Gasteiger partial charge is 0.239 e. The highest BCUT2D eigenvalue weighted by molar-refractivity contribution is 5.85. The molecule has 0 spiro atoms. The lowest BCUT2D eigenvalue weighted by atomic mass is 9.92. The molecule has 248 valence electrons. The van der Waals surface area contributed by atoms with E-state index in [1.165, 1.54) is 57.6 Å². The maximum absolute atomic E-state index is 12.6. The van der Waals surface area contributed by atoms with Crippen molar-refractivity contribution in [3.8, 4) is 0 Å². The summed E-state index contributed by atoms with van der Waals surface area (Å²) in [5, 5.41) is 49.6. The number of aromatic nitrogens is 4. The molecule has 0 aliphatic carbocycles. The van der Waals surface area contributed by atoms with Crippen LogP contribution in [-0.2, 0) is 14.3 Å². The standard InChI is InChI=1S/C30H51N7O7/c1-19(2)13-11-9-7-5-3-4-6-8-10-12-14-21(40)31-15-22(41)36-23-25(42)26(43)30(44-27(23)20(39)16-38)37-29-24-28(33-17-32-24)34-18-35-29/h17-20,23,25-27,30,38-39,42-43H,3-16H2,1-2H3,(H,31,40)(H,36,41)(H2,32,33,34,35,37)/t20-,23+,25+,26+,27-,30-/m1/s1. The molecule has 0 radical (unpaired) electrons. The Kier molecular flexibility index (Phi) is 15.2. The SMILES string of the molecule is CC(C)CCCCCCCCCCCCC(=O)NCC(=O)N[C@H]1[C@H](O)[C@H](O)[C@H](Nc2ncnc3nc[nH]c23)O[C@@H]1[C@H](O)CO. The van der Waals surface area contributed by atoms with E-state index in [9.17, 15) is 30.0 Å². The van der Waals surface area contributed by atoms with Crippen LogP contribution in [0.1, 0.15) is 90.9 Å². The van der Waals surface area contributed by atoms with Crippen molar-refractivity contribution in [3.63, 3.8) is 0 Å². The third-order valence-corrected chi connectivity index (χ3v) is 7.96. The molecule has 8 N–H and O–H groups in total. The van der Waals surface area contributed by atoms with Crippen molar-refractivity contribution in [2.45, 2.75) is 128 Å². The molecule has 44 heavy (non-hydrogen) atoms. The fourth-order valence-electron chi connectivity index (χ4n) is 5.41. The number of ether oxygens (including phenoxy) is 1. The molecule has 14 nitrogen and oxygen atoms in total. The molecule has 14 heteroatoms. The van der Waals surface area contributed by atoms with Crippen molar-refractivity contribution in [1.82, 2.24) is 30.6 Å². The van der Waals surface area contributed by atoms with Gasteiger partial charge in [0, 0.05) is 6.42 Å². The number of aliphatic hydroxyl groups is 4. The molecule has 0 bridgehead atoms. The minimum Gasteiger partial charge on any atom is -0.394 e. The van der Waals surface area contributed by atoms with E-state index in [0.717, 1.165) is 31.6 Å². The van der Waals surface area contributed by atoms with Crippen molar-refractivity contribution < 1.29 is 34.8 Å². The van der Waals surface area contributed by atoms with Crippen molar-refractivity contribution in [2.75, 3.05) is 18.5 Å². The van der Waals surface area contributed by atoms with Gasteiger partial charge in [0.2, 0.25) is 11.8 Å². The highest BCUT2D eigenvalue weighted by Gasteiger charge is 2.48. The zero-order valence-corrected chi connectivity index (χ0v) is 26.0. The number of anilines is 1. The van der Waals surface area contributed by atoms with Gasteiger partial charge in [-0.05, 0) is 12.3 Å². The minimum atomic E-state index is -1.59. The fraction of sp³-hybridized carbons (Fsp3) is 0.767. The molecule has 1 aliphatic heterocycles. The van der Waals surface area contributed by atoms with Gasteiger partial charge in [0.05, 0.1) is 25.5 Å². The van der Waals surface area contributed by atoms with Gasteiger partial charge in [-0.2, -0.15) is 0 Å². The van der Waals surface area contributed by atoms with E-state index in [4.69, 9.17) is 4.74 Å². The van der Waals surface area contributed by atoms with Crippen LogP contribution in [-0.4, -0.2) is 102 Å². The Balaban J connectivity index is 1.35. The summed E-state index contributed by atoms with van der Waals surface area (Å²) in [5.41, 5.74) is 0.794. The molecule has 1 saturated heterocycles. The molecule has 0 saturated carbocycles. The number of hydrogen-bond donors (Lipinski definition) is 8. The van der Waals surface area contributed by atoms with Gasteiger partial charge in [-0.15, -0.1) is 0 Å². The van der Waals surface area contributed by atoms with E-state index in [2.05, 4.69) is 49.7 Å². The number of aliphatic hydroxyl groups excluding tert-OH is 4. The number of rotatable bonds is 20. The average molecular weight is 622 g/mol. The van der Waals surface area contributed by atoms with Crippen LogP contribution in [0.5, 0.6) is 0 Å². The topological polar surface area (TPSA) is 215 Å². The van der Waals surface area contributed by atoms with Crippen LogP contribution in [0.15, 0.2) is 12.7 Å². The van der Waals surface area contributed by atoms with Crippen molar-refractivity contribution in [1.29, 1.82) is 0 Å². The Morgan fingerprint density at radius 3 is 2.25 bits per heavy atom. The first-order valence-corrected chi connectivity index (χ1v) is 16.0. The number of unbranched alkanes of at least 4 members (excludes halogenated alkanes) is 9. The number of hydrogen-bond acceptors (Lipinski definition) is 11. The molecule has 1 fully saturated rings. The second kappa shape index (κ2) is 18.8. The molecular weight excluding hydrogens is 570 g/mol. The number of aromatic amines is 1. The van der Waals surface area contributed by atoms with Gasteiger partial charge in [0.1, 0.15) is 36.3 Å². The van der Waals surface area contributed by atoms with Gasteiger partial charge in [-0.1, -0.05) is 78.1 Å². The second-order valence-electron chi connectivity index (χ2n) is 12.1. The van der Waals surface area contributed by atoms with Crippen LogP contribution in [0, 0.1) is 5.92 Å². The first kappa shape index (κ1) is 35.6. The molecule has 2 amide bonds. The zero-order chi connectivity index (χ0) is 31.9. The lowest BCUT2D eigenvalue weighted by molar-refractivity contribution is -0.204. The Morgan fingerprint density at radius 2 is 1.59 bits per heavy atom. The average Bonchev–Trinajstić information content (AvgIpc) is 3.50. The Bertz CT molecular complexity index is 1130. The summed E-state index contributed by atoms with van der Waals surface area (Å²) in [7, 11) is 0. The minimum absolute atomic E-state index is 0.231. The summed E-state index contributed by atoms with van der Waals surface area (Å²) in [6.45, 7) is 3.47. The maximum atomic E-state index is 12.6. The van der Waals surface area contributed by atoms with Crippen LogP contribution in [0.25, 0.3) is 11.2 Å². The van der Waals surface area contributed by atoms with Gasteiger partial charge in [-0.3, -0.25) is 9.59 Å². The fourth-order valence-corrected chi connectivity index (χ4v) is 5.41. The van der Waals surface area contributed by atoms with Crippen molar-refractivity contribution in [2.24, 2.45) is 5.92 Å². The molecule has 0 unspecified atom stereocenters. The van der Waals surface area contributed by atoms with E-state index < -0.39 is 49.2 Å². The summed E-state index contributed by atoms with van der Waals surface area (Å²) in [5.74, 6) is 0.126. The molecule has 1 aliphatic rings. The number of carbonyl (C=O) groups excluding carboxylic acids is 2. The predicted molar refractivity (Wildman–Crippen MR) is 164 cm³/mol. The quantitative estimate of drug-likeness (QED) is 0.0992. The summed E-state index contributed by atoms with van der Waals surface area (Å²) < 4.78 is 5.79. The van der Waals surface area contributed by atoms with E-state index >= 15 is 0 Å². The molecule has 2 aromatic heterocycles. The molecule has 2 aromatic rings. The summed E-state index contributed by atoms with van der Waals surface area (Å²) in [6.07, 6.45) is 8.79. The highest BCUT2D eigenvalue weighted by atomic mass is 16.5. The maximum Gasteiger partial charge on any atom is 0.239 e. The lowest BCUT2D eigenvalue weighted by Gasteiger charge is -2.44. The third-order valence-electron chi connectivity index (χ3n) is 7.96. The molecule has 6 atom stereocenters. The van der Waals surface area contributed by atoms with Gasteiger partial charge in [-0.25, -0.2) is 15.0 Å². The largest absolute Gasteiger partial charge is 0.394 e. The highest BCUT2D eigenvalue weighted by Crippen LogP contribution is 2.26. The number of H-pyrrole nitrogens is 1. The molecule has 0 aromatic carbocycles. The van der Waals surface area contributed by atoms with Crippen LogP contribution >= 0.6 is 0 Å². The molecular formula is C30H51N7O7. The number of nitrogens with zero attached hydrogens (tertiary/aromatic N) is 3. The van der Waals surface area contributed by atoms with Gasteiger partial charge >= 0.3 is 0 Å². The second-order valence-corrected chi connectivity index (χ2v) is 12.1. The predicted octanol–water partition coefficient (Wildman–Crippen LogP) is 1.50. The number of fused-ring (bicyclic) bond motifs is 1. The number of imidazole rings is 1. The van der Waals surface area contributed by atoms with E-state index in [1.807, 2.05) is 0 Å². The summed E-state index contributed by atoms with van der Waals surface area (Å²) in [4.78, 5) is 39.9. The monoisotopic (exact) mass is 621 g/mol. The number of nitrogens with one attached hydrogen (secondary N) is 4. The Morgan fingerprint density at radius 1 is 0.932 bits per heavy atom. The normalized spacial score (nSPS) is 22.7. The van der Waals surface area contributed by atoms with E-state index in [-0.39, 0.29) is 18.3 Å². The zero-order valence-electron chi connectivity index (χ0n) is 26.0. The molecule has 3 rings (SSSR count). The van der Waals surface area contributed by atoms with Gasteiger partial charge < -0.3 is 46.1 Å². The lowest BCUT2D eigenvalue weighted by Crippen LogP contribution is -2.68. The molecule has 3 heterocycles. The summed E-state index contributed by atoms with van der Waals surface area (Å²) in [6, 6.07) is -1.27. The number of amides is 2. The summed E-state index contributed by atoms with van der Waals surface area (Å²) >= 11 is 0. The first-order valence-electron chi connectivity index (χ1n) is 16.0. The van der Waals surface area contributed by atoms with Gasteiger partial charge in [0.25, 0.3) is 0 Å². The number of carbonyl (C=O) groups is 2. The van der Waals surface area contributed by atoms with Crippen LogP contribution in [0.2, 0.25) is 0 Å². The van der Waals surface area contributed by atoms with E-state index in [0.29, 0.717) is 17.6 Å². The third kappa shape index (κ3) is 11.2.